The van der Waals surface area contributed by atoms with Crippen molar-refractivity contribution >= 4 is 5.95 Å². The lowest BCUT2D eigenvalue weighted by Crippen LogP contribution is -2.06. The van der Waals surface area contributed by atoms with Crippen LogP contribution in [-0.4, -0.2) is 16.0 Å². The van der Waals surface area contributed by atoms with Crippen molar-refractivity contribution in [3.63, 3.8) is 0 Å². The minimum Gasteiger partial charge on any atom is -0.351 e. The van der Waals surface area contributed by atoms with Crippen molar-refractivity contribution in [1.29, 1.82) is 0 Å². The number of aromatic nitrogens is 2. The molecule has 0 aromatic carbocycles. The molecule has 0 spiro atoms. The molecule has 2 atom stereocenters. The molecule has 3 nitrogen and oxygen atoms in total. The quantitative estimate of drug-likeness (QED) is 0.736. The molecule has 0 aliphatic heterocycles. The minimum absolute atomic E-state index is 0.623. The lowest BCUT2D eigenvalue weighted by atomic mass is 10.3. The second-order valence-electron chi connectivity index (χ2n) is 3.23. The zero-order chi connectivity index (χ0) is 8.39. The molecule has 2 rings (SSSR count). The maximum atomic E-state index is 4.11. The Labute approximate surface area is 72.2 Å². The molecule has 1 aromatic heterocycles. The molecule has 0 saturated heterocycles. The number of rotatable bonds is 3. The number of nitrogens with zero attached hydrogens (tertiary/aromatic N) is 2. The maximum Gasteiger partial charge on any atom is 0.222 e. The normalized spacial score (nSPS) is 26.8. The summed E-state index contributed by atoms with van der Waals surface area (Å²) in [5.74, 6) is 1.60. The van der Waals surface area contributed by atoms with E-state index in [-0.39, 0.29) is 0 Å². The van der Waals surface area contributed by atoms with Crippen LogP contribution in [0, 0.1) is 5.92 Å². The van der Waals surface area contributed by atoms with E-state index in [0.717, 1.165) is 11.9 Å². The Hall–Kier alpha value is -1.12. The number of hydrogen-bond acceptors (Lipinski definition) is 3. The third kappa shape index (κ3) is 1.55. The van der Waals surface area contributed by atoms with Crippen molar-refractivity contribution in [2.24, 2.45) is 5.92 Å². The van der Waals surface area contributed by atoms with Gasteiger partial charge in [0.15, 0.2) is 0 Å². The molecule has 0 bridgehead atoms. The molecule has 0 amide bonds. The summed E-state index contributed by atoms with van der Waals surface area (Å²) < 4.78 is 0. The average Bonchev–Trinajstić information content (AvgIpc) is 2.85. The van der Waals surface area contributed by atoms with Crippen molar-refractivity contribution in [1.82, 2.24) is 9.97 Å². The summed E-state index contributed by atoms with van der Waals surface area (Å²) in [5, 5.41) is 3.29. The molecule has 1 aliphatic carbocycles. The average molecular weight is 163 g/mol. The van der Waals surface area contributed by atoms with E-state index in [9.17, 15) is 0 Å². The van der Waals surface area contributed by atoms with Crippen molar-refractivity contribution in [2.75, 3.05) is 5.32 Å². The fourth-order valence-electron chi connectivity index (χ4n) is 1.42. The predicted octanol–water partition coefficient (Wildman–Crippen LogP) is 1.69. The second-order valence-corrected chi connectivity index (χ2v) is 3.23. The molecule has 1 saturated carbocycles. The summed E-state index contributed by atoms with van der Waals surface area (Å²) >= 11 is 0. The summed E-state index contributed by atoms with van der Waals surface area (Å²) in [6.45, 7) is 2.22. The van der Waals surface area contributed by atoms with Crippen molar-refractivity contribution in [2.45, 2.75) is 25.8 Å². The summed E-state index contributed by atoms with van der Waals surface area (Å²) in [4.78, 5) is 8.21. The Kier molecular flexibility index (Phi) is 1.94. The fourth-order valence-corrected chi connectivity index (χ4v) is 1.42. The molecular weight excluding hydrogens is 150 g/mol. The Morgan fingerprint density at radius 1 is 1.50 bits per heavy atom. The highest BCUT2D eigenvalue weighted by molar-refractivity contribution is 5.27. The Balaban J connectivity index is 1.89. The summed E-state index contributed by atoms with van der Waals surface area (Å²) in [5.41, 5.74) is 0. The largest absolute Gasteiger partial charge is 0.351 e. The molecule has 1 heterocycles. The van der Waals surface area contributed by atoms with Crippen molar-refractivity contribution < 1.29 is 0 Å². The van der Waals surface area contributed by atoms with Gasteiger partial charge in [0, 0.05) is 18.4 Å². The molecule has 1 fully saturated rings. The molecule has 1 N–H and O–H groups in total. The van der Waals surface area contributed by atoms with E-state index in [1.807, 2.05) is 6.07 Å². The Morgan fingerprint density at radius 3 is 2.83 bits per heavy atom. The molecule has 3 heteroatoms. The Morgan fingerprint density at radius 2 is 2.25 bits per heavy atom. The maximum absolute atomic E-state index is 4.11. The van der Waals surface area contributed by atoms with E-state index in [4.69, 9.17) is 0 Å². The molecule has 1 aromatic rings. The van der Waals surface area contributed by atoms with Gasteiger partial charge in [-0.25, -0.2) is 9.97 Å². The van der Waals surface area contributed by atoms with E-state index < -0.39 is 0 Å². The molecule has 64 valence electrons. The minimum atomic E-state index is 0.623. The van der Waals surface area contributed by atoms with Gasteiger partial charge in [0.25, 0.3) is 0 Å². The molecular formula is C9H13N3. The van der Waals surface area contributed by atoms with Gasteiger partial charge in [-0.2, -0.15) is 0 Å². The highest BCUT2D eigenvalue weighted by Crippen LogP contribution is 2.35. The van der Waals surface area contributed by atoms with E-state index in [0.29, 0.717) is 6.04 Å². The second kappa shape index (κ2) is 3.09. The van der Waals surface area contributed by atoms with E-state index >= 15 is 0 Å². The van der Waals surface area contributed by atoms with Crippen LogP contribution in [-0.2, 0) is 0 Å². The van der Waals surface area contributed by atoms with Gasteiger partial charge in [-0.15, -0.1) is 0 Å². The standard InChI is InChI=1S/C9H13N3/c1-2-7-6-8(7)12-9-10-4-3-5-11-9/h3-5,7-8H,2,6H2,1H3,(H,10,11,12)/t7-,8-/m1/s1. The van der Waals surface area contributed by atoms with Gasteiger partial charge in [-0.3, -0.25) is 0 Å². The van der Waals surface area contributed by atoms with E-state index in [1.54, 1.807) is 12.4 Å². The number of nitrogens with one attached hydrogen (secondary N) is 1. The fraction of sp³-hybridized carbons (Fsp3) is 0.556. The Bertz CT molecular complexity index is 247. The van der Waals surface area contributed by atoms with Gasteiger partial charge >= 0.3 is 0 Å². The number of hydrogen-bond donors (Lipinski definition) is 1. The van der Waals surface area contributed by atoms with Gasteiger partial charge in [0.2, 0.25) is 5.95 Å². The van der Waals surface area contributed by atoms with Crippen LogP contribution in [0.1, 0.15) is 19.8 Å². The van der Waals surface area contributed by atoms with Gasteiger partial charge in [-0.1, -0.05) is 13.3 Å². The third-order valence-electron chi connectivity index (χ3n) is 2.33. The van der Waals surface area contributed by atoms with Gasteiger partial charge < -0.3 is 5.32 Å². The first-order valence-corrected chi connectivity index (χ1v) is 4.43. The number of anilines is 1. The zero-order valence-corrected chi connectivity index (χ0v) is 7.20. The SMILES string of the molecule is CC[C@@H]1C[C@H]1Nc1ncccn1. The molecule has 0 unspecified atom stereocenters. The van der Waals surface area contributed by atoms with Crippen LogP contribution in [0.25, 0.3) is 0 Å². The highest BCUT2D eigenvalue weighted by atomic mass is 15.1. The summed E-state index contributed by atoms with van der Waals surface area (Å²) in [7, 11) is 0. The molecule has 1 aliphatic rings. The lowest BCUT2D eigenvalue weighted by Gasteiger charge is -2.00. The topological polar surface area (TPSA) is 37.8 Å². The highest BCUT2D eigenvalue weighted by Gasteiger charge is 2.35. The van der Waals surface area contributed by atoms with Gasteiger partial charge in [-0.05, 0) is 18.4 Å². The van der Waals surface area contributed by atoms with Crippen LogP contribution in [0.15, 0.2) is 18.5 Å². The van der Waals surface area contributed by atoms with Crippen molar-refractivity contribution in [3.05, 3.63) is 18.5 Å². The predicted molar refractivity (Wildman–Crippen MR) is 47.8 cm³/mol. The first-order chi connectivity index (χ1) is 5.90. The van der Waals surface area contributed by atoms with Gasteiger partial charge in [0.1, 0.15) is 0 Å². The molecule has 0 radical (unpaired) electrons. The third-order valence-corrected chi connectivity index (χ3v) is 2.33. The van der Waals surface area contributed by atoms with Crippen LogP contribution in [0.2, 0.25) is 0 Å². The monoisotopic (exact) mass is 163 g/mol. The van der Waals surface area contributed by atoms with Crippen LogP contribution >= 0.6 is 0 Å². The van der Waals surface area contributed by atoms with Crippen LogP contribution < -0.4 is 5.32 Å². The van der Waals surface area contributed by atoms with Crippen LogP contribution in [0.5, 0.6) is 0 Å². The van der Waals surface area contributed by atoms with Gasteiger partial charge in [0.05, 0.1) is 0 Å². The molecule has 12 heavy (non-hydrogen) atoms. The van der Waals surface area contributed by atoms with E-state index in [1.165, 1.54) is 12.8 Å². The smallest absolute Gasteiger partial charge is 0.222 e. The first kappa shape index (κ1) is 7.53. The first-order valence-electron chi connectivity index (χ1n) is 4.43. The lowest BCUT2D eigenvalue weighted by molar-refractivity contribution is 0.771. The van der Waals surface area contributed by atoms with Crippen molar-refractivity contribution in [3.8, 4) is 0 Å². The van der Waals surface area contributed by atoms with Crippen LogP contribution in [0.3, 0.4) is 0 Å². The summed E-state index contributed by atoms with van der Waals surface area (Å²) in [6, 6.07) is 2.45. The zero-order valence-electron chi connectivity index (χ0n) is 7.20. The van der Waals surface area contributed by atoms with Crippen LogP contribution in [0.4, 0.5) is 5.95 Å². The van der Waals surface area contributed by atoms with E-state index in [2.05, 4.69) is 22.2 Å². The summed E-state index contributed by atoms with van der Waals surface area (Å²) in [6.07, 6.45) is 6.05.